The quantitative estimate of drug-likeness (QED) is 0.0717. The number of unbranched alkanes of at least 4 members (excludes halogenated alkanes) is 9. The van der Waals surface area contributed by atoms with E-state index in [9.17, 15) is 4.79 Å². The van der Waals surface area contributed by atoms with Gasteiger partial charge in [0.15, 0.2) is 25.0 Å². The largest absolute Gasteiger partial charge is 0.469 e. The Kier molecular flexibility index (Phi) is 17.6. The molecule has 0 N–H and O–H groups in total. The summed E-state index contributed by atoms with van der Waals surface area (Å²) < 4.78 is 20.4. The Morgan fingerprint density at radius 2 is 0.973 bits per heavy atom. The highest BCUT2D eigenvalue weighted by Crippen LogP contribution is 2.30. The van der Waals surface area contributed by atoms with E-state index in [2.05, 4.69) is 72.4 Å². The van der Waals surface area contributed by atoms with Gasteiger partial charge in [0, 0.05) is 24.7 Å². The zero-order valence-electron chi connectivity index (χ0n) is 26.7. The first-order chi connectivity index (χ1) is 16.9. The normalized spacial score (nSPS) is 13.2. The molecule has 0 radical (unpaired) electrons. The van der Waals surface area contributed by atoms with Gasteiger partial charge in [0.2, 0.25) is 5.91 Å². The third kappa shape index (κ3) is 20.5. The highest BCUT2D eigenvalue weighted by atomic mass is 28.5. The third-order valence-electron chi connectivity index (χ3n) is 5.73. The molecule has 0 saturated heterocycles. The molecule has 0 aromatic carbocycles. The van der Waals surface area contributed by atoms with Gasteiger partial charge in [-0.05, 0) is 78.7 Å². The van der Waals surface area contributed by atoms with Crippen LogP contribution in [0.25, 0.3) is 0 Å². The van der Waals surface area contributed by atoms with Gasteiger partial charge in [-0.25, -0.2) is 0 Å². The fourth-order valence-electron chi connectivity index (χ4n) is 4.48. The third-order valence-corrected chi connectivity index (χ3v) is 17.8. The highest BCUT2D eigenvalue weighted by molar-refractivity contribution is 6.90. The molecule has 0 rings (SSSR count). The predicted octanol–water partition coefficient (Wildman–Crippen LogP) is 9.20. The van der Waals surface area contributed by atoms with Crippen LogP contribution in [0.3, 0.4) is 0 Å². The fraction of sp³-hybridized carbons (Fsp3) is 0.893. The molecule has 0 unspecified atom stereocenters. The van der Waals surface area contributed by atoms with Crippen LogP contribution in [-0.4, -0.2) is 57.7 Å². The van der Waals surface area contributed by atoms with Crippen molar-refractivity contribution in [3.05, 3.63) is 12.2 Å². The van der Waals surface area contributed by atoms with Crippen molar-refractivity contribution in [1.82, 2.24) is 4.90 Å². The fourth-order valence-corrected chi connectivity index (χ4v) is 19.1. The van der Waals surface area contributed by atoms with E-state index in [1.165, 1.54) is 57.8 Å². The predicted molar refractivity (Wildman–Crippen MR) is 172 cm³/mol. The van der Waals surface area contributed by atoms with Crippen LogP contribution in [0.1, 0.15) is 84.5 Å². The summed E-state index contributed by atoms with van der Waals surface area (Å²) in [5.74, 6) is 0.0755. The molecule has 37 heavy (non-hydrogen) atoms. The number of nitrogens with zero attached hydrogens (tertiary/aromatic N) is 1. The van der Waals surface area contributed by atoms with Gasteiger partial charge in [0.05, 0.1) is 0 Å². The lowest BCUT2D eigenvalue weighted by molar-refractivity contribution is -0.127. The standard InChI is InChI=1S/C28H63NO4Si4/c1-13-14-15-16-17-18-19-20-21-22-24-29(28(30)27(2)3)25-23-26-37(31-34(4,5)6,32-35(7,8)9)33-36(10,11)12/h2,13-26H2,1,3-12H3. The first kappa shape index (κ1) is 37.0. The van der Waals surface area contributed by atoms with Gasteiger partial charge in [0.1, 0.15) is 0 Å². The van der Waals surface area contributed by atoms with Crippen molar-refractivity contribution in [2.24, 2.45) is 0 Å². The lowest BCUT2D eigenvalue weighted by atomic mass is 10.1. The summed E-state index contributed by atoms with van der Waals surface area (Å²) in [4.78, 5) is 14.9. The topological polar surface area (TPSA) is 48.0 Å². The Labute approximate surface area is 235 Å². The van der Waals surface area contributed by atoms with Crippen molar-refractivity contribution in [1.29, 1.82) is 0 Å². The van der Waals surface area contributed by atoms with Gasteiger partial charge < -0.3 is 17.2 Å². The van der Waals surface area contributed by atoms with Crippen LogP contribution in [0.15, 0.2) is 12.2 Å². The molecule has 0 bridgehead atoms. The molecule has 0 spiro atoms. The minimum Gasteiger partial charge on any atom is -0.417 e. The Morgan fingerprint density at radius 3 is 1.32 bits per heavy atom. The molecular weight excluding hydrogens is 527 g/mol. The SMILES string of the molecule is C=C(C)C(=O)N(CCCCCCCCCCCC)CCC[Si](O[Si](C)(C)C)(O[Si](C)(C)C)O[Si](C)(C)C. The summed E-state index contributed by atoms with van der Waals surface area (Å²) in [5, 5.41) is 0. The van der Waals surface area contributed by atoms with E-state index in [1.54, 1.807) is 0 Å². The smallest absolute Gasteiger partial charge is 0.417 e. The maximum absolute atomic E-state index is 12.9. The van der Waals surface area contributed by atoms with Gasteiger partial charge in [0.25, 0.3) is 0 Å². The van der Waals surface area contributed by atoms with Gasteiger partial charge in [-0.1, -0.05) is 71.3 Å². The first-order valence-electron chi connectivity index (χ1n) is 14.9. The second kappa shape index (κ2) is 17.6. The molecule has 1 amide bonds. The number of amides is 1. The van der Waals surface area contributed by atoms with Crippen LogP contribution < -0.4 is 0 Å². The van der Waals surface area contributed by atoms with E-state index in [0.717, 1.165) is 25.4 Å². The number of hydrogen-bond acceptors (Lipinski definition) is 4. The zero-order valence-corrected chi connectivity index (χ0v) is 30.7. The number of carbonyl (C=O) groups excluding carboxylic acids is 1. The van der Waals surface area contributed by atoms with Crippen molar-refractivity contribution in [2.45, 2.75) is 149 Å². The second-order valence-electron chi connectivity index (χ2n) is 13.7. The molecule has 0 fully saturated rings. The Balaban J connectivity index is 5.09. The molecule has 0 aliphatic heterocycles. The highest BCUT2D eigenvalue weighted by Gasteiger charge is 2.49. The van der Waals surface area contributed by atoms with Gasteiger partial charge in [-0.15, -0.1) is 0 Å². The molecule has 9 heteroatoms. The van der Waals surface area contributed by atoms with Crippen molar-refractivity contribution >= 4 is 39.7 Å². The first-order valence-corrected chi connectivity index (χ1v) is 27.1. The van der Waals surface area contributed by atoms with E-state index in [4.69, 9.17) is 12.3 Å². The molecule has 0 atom stereocenters. The minimum atomic E-state index is -2.87. The summed E-state index contributed by atoms with van der Waals surface area (Å²) >= 11 is 0. The average molecular weight is 590 g/mol. The van der Waals surface area contributed by atoms with Crippen LogP contribution >= 0.6 is 0 Å². The Hall–Kier alpha value is -0.0425. The maximum atomic E-state index is 12.9. The molecule has 0 aliphatic rings. The summed E-state index contributed by atoms with van der Waals surface area (Å²) in [6, 6.07) is 0.768. The van der Waals surface area contributed by atoms with Crippen molar-refractivity contribution in [3.8, 4) is 0 Å². The van der Waals surface area contributed by atoms with E-state index in [0.29, 0.717) is 12.1 Å². The number of rotatable bonds is 22. The van der Waals surface area contributed by atoms with E-state index in [1.807, 2.05) is 11.8 Å². The molecule has 5 nitrogen and oxygen atoms in total. The van der Waals surface area contributed by atoms with E-state index >= 15 is 0 Å². The number of carbonyl (C=O) groups is 1. The van der Waals surface area contributed by atoms with E-state index in [-0.39, 0.29) is 5.91 Å². The Bertz CT molecular complexity index is 613. The van der Waals surface area contributed by atoms with Crippen LogP contribution in [0.2, 0.25) is 65.0 Å². The molecule has 0 aromatic heterocycles. The van der Waals surface area contributed by atoms with Crippen molar-refractivity contribution in [3.63, 3.8) is 0 Å². The van der Waals surface area contributed by atoms with Crippen molar-refractivity contribution in [2.75, 3.05) is 13.1 Å². The summed E-state index contributed by atoms with van der Waals surface area (Å²) in [6.45, 7) is 29.5. The van der Waals surface area contributed by atoms with Crippen LogP contribution in [-0.2, 0) is 17.1 Å². The van der Waals surface area contributed by atoms with E-state index < -0.39 is 33.8 Å². The average Bonchev–Trinajstić information content (AvgIpc) is 2.69. The summed E-state index contributed by atoms with van der Waals surface area (Å²) in [5.41, 5.74) is 0.616. The van der Waals surface area contributed by atoms with Crippen LogP contribution in [0.4, 0.5) is 0 Å². The molecular formula is C28H63NO4Si4. The minimum absolute atomic E-state index is 0.0755. The maximum Gasteiger partial charge on any atom is 0.469 e. The van der Waals surface area contributed by atoms with Crippen molar-refractivity contribution < 1.29 is 17.1 Å². The summed E-state index contributed by atoms with van der Waals surface area (Å²) in [7, 11) is -8.55. The van der Waals surface area contributed by atoms with Crippen LogP contribution in [0.5, 0.6) is 0 Å². The van der Waals surface area contributed by atoms with Gasteiger partial charge in [-0.3, -0.25) is 4.79 Å². The summed E-state index contributed by atoms with van der Waals surface area (Å²) in [6.07, 6.45) is 13.8. The lowest BCUT2D eigenvalue weighted by Gasteiger charge is -2.43. The monoisotopic (exact) mass is 589 g/mol. The molecule has 0 aromatic rings. The zero-order chi connectivity index (χ0) is 28.8. The Morgan fingerprint density at radius 1 is 0.622 bits per heavy atom. The molecule has 0 aliphatic carbocycles. The molecule has 0 saturated carbocycles. The van der Waals surface area contributed by atoms with Gasteiger partial charge >= 0.3 is 8.80 Å². The number of hydrogen-bond donors (Lipinski definition) is 0. The second-order valence-corrected chi connectivity index (χ2v) is 30.7. The molecule has 0 heterocycles. The lowest BCUT2D eigenvalue weighted by Crippen LogP contribution is -2.60. The molecule has 220 valence electrons. The van der Waals surface area contributed by atoms with Crippen LogP contribution in [0, 0.1) is 0 Å². The van der Waals surface area contributed by atoms with Gasteiger partial charge in [-0.2, -0.15) is 0 Å².